The fraction of sp³-hybridized carbons (Fsp3) is 0.367. The smallest absolute Gasteiger partial charge is 0.195 e. The molecule has 8 nitrogen and oxygen atoms in total. The van der Waals surface area contributed by atoms with Crippen LogP contribution in [-0.4, -0.2) is 68.4 Å². The predicted molar refractivity (Wildman–Crippen MR) is 157 cm³/mol. The fourth-order valence-corrected chi connectivity index (χ4v) is 5.49. The molecule has 0 amide bonds. The molecule has 0 radical (unpaired) electrons. The lowest BCUT2D eigenvalue weighted by atomic mass is 10.0. The van der Waals surface area contributed by atoms with Crippen LogP contribution in [0.2, 0.25) is 25.7 Å². The summed E-state index contributed by atoms with van der Waals surface area (Å²) >= 11 is 0. The maximum Gasteiger partial charge on any atom is 0.195 e. The van der Waals surface area contributed by atoms with Crippen molar-refractivity contribution in [1.29, 1.82) is 0 Å². The number of rotatable bonds is 10. The molecule has 9 heteroatoms. The summed E-state index contributed by atoms with van der Waals surface area (Å²) in [6.07, 6.45) is 6.99. The summed E-state index contributed by atoms with van der Waals surface area (Å²) in [6, 6.07) is 12.8. The summed E-state index contributed by atoms with van der Waals surface area (Å²) in [6.45, 7) is 11.1. The molecule has 3 aromatic heterocycles. The van der Waals surface area contributed by atoms with E-state index in [1.54, 1.807) is 31.6 Å². The quantitative estimate of drug-likeness (QED) is 0.148. The summed E-state index contributed by atoms with van der Waals surface area (Å²) in [5, 5.41) is 0.791. The first-order valence-electron chi connectivity index (χ1n) is 13.4. The highest BCUT2D eigenvalue weighted by atomic mass is 28.3. The van der Waals surface area contributed by atoms with Gasteiger partial charge in [-0.25, -0.2) is 4.98 Å². The number of pyridine rings is 2. The van der Waals surface area contributed by atoms with Crippen LogP contribution in [0.5, 0.6) is 5.75 Å². The molecular weight excluding hydrogens is 508 g/mol. The second kappa shape index (κ2) is 11.7. The van der Waals surface area contributed by atoms with Crippen molar-refractivity contribution in [1.82, 2.24) is 14.5 Å². The average molecular weight is 545 g/mol. The van der Waals surface area contributed by atoms with Crippen molar-refractivity contribution in [3.63, 3.8) is 0 Å². The van der Waals surface area contributed by atoms with Crippen molar-refractivity contribution < 1.29 is 19.0 Å². The lowest BCUT2D eigenvalue weighted by Crippen LogP contribution is -2.36. The predicted octanol–water partition coefficient (Wildman–Crippen LogP) is 5.49. The third kappa shape index (κ3) is 6.21. The number of nitrogens with zero attached hydrogens (tertiary/aromatic N) is 4. The van der Waals surface area contributed by atoms with E-state index >= 15 is 0 Å². The van der Waals surface area contributed by atoms with E-state index in [4.69, 9.17) is 19.2 Å². The van der Waals surface area contributed by atoms with Gasteiger partial charge in [0.05, 0.1) is 26.0 Å². The number of carbonyl (C=O) groups is 1. The van der Waals surface area contributed by atoms with E-state index in [0.717, 1.165) is 52.7 Å². The maximum atomic E-state index is 13.6. The highest BCUT2D eigenvalue weighted by molar-refractivity contribution is 6.76. The first kappa shape index (κ1) is 27.0. The molecule has 39 heavy (non-hydrogen) atoms. The Morgan fingerprint density at radius 2 is 1.82 bits per heavy atom. The van der Waals surface area contributed by atoms with Crippen LogP contribution in [0.3, 0.4) is 0 Å². The molecule has 204 valence electrons. The Bertz CT molecular complexity index is 1440. The molecule has 1 aliphatic rings. The largest absolute Gasteiger partial charge is 0.495 e. The number of morpholine rings is 1. The van der Waals surface area contributed by atoms with Crippen LogP contribution in [-0.2, 0) is 16.2 Å². The van der Waals surface area contributed by atoms with Gasteiger partial charge in [-0.1, -0.05) is 25.7 Å². The number of hydrogen-bond donors (Lipinski definition) is 0. The average Bonchev–Trinajstić information content (AvgIpc) is 3.32. The molecule has 0 unspecified atom stereocenters. The number of hydrogen-bond acceptors (Lipinski definition) is 7. The van der Waals surface area contributed by atoms with E-state index < -0.39 is 8.07 Å². The van der Waals surface area contributed by atoms with E-state index in [-0.39, 0.29) is 5.78 Å². The second-order valence-electron chi connectivity index (χ2n) is 11.0. The van der Waals surface area contributed by atoms with Gasteiger partial charge in [0.25, 0.3) is 0 Å². The molecule has 0 atom stereocenters. The van der Waals surface area contributed by atoms with Gasteiger partial charge in [-0.2, -0.15) is 0 Å². The normalized spacial score (nSPS) is 14.1. The van der Waals surface area contributed by atoms with E-state index in [2.05, 4.69) is 41.7 Å². The SMILES string of the molecule is COc1cc(-c2cnc3c(c2)c(C(=O)c2ccncc2)cn3COCC[Si](C)(C)C)ccc1N1CCOCC1. The zero-order chi connectivity index (χ0) is 27.4. The Morgan fingerprint density at radius 1 is 1.05 bits per heavy atom. The molecule has 1 aromatic carbocycles. The Balaban J connectivity index is 1.50. The monoisotopic (exact) mass is 544 g/mol. The van der Waals surface area contributed by atoms with Gasteiger partial charge in [0.2, 0.25) is 0 Å². The number of fused-ring (bicyclic) bond motifs is 1. The molecule has 0 N–H and O–H groups in total. The Labute approximate surface area is 230 Å². The summed E-state index contributed by atoms with van der Waals surface area (Å²) in [7, 11) is 0.489. The minimum absolute atomic E-state index is 0.0672. The van der Waals surface area contributed by atoms with Crippen LogP contribution in [0.1, 0.15) is 15.9 Å². The Hall–Kier alpha value is -3.53. The summed E-state index contributed by atoms with van der Waals surface area (Å²) in [5.41, 5.74) is 4.84. The van der Waals surface area contributed by atoms with Gasteiger partial charge in [0.1, 0.15) is 18.1 Å². The first-order valence-corrected chi connectivity index (χ1v) is 17.1. The molecular formula is C30H36N4O4Si. The Morgan fingerprint density at radius 3 is 2.54 bits per heavy atom. The van der Waals surface area contributed by atoms with Gasteiger partial charge in [-0.15, -0.1) is 0 Å². The number of benzene rings is 1. The zero-order valence-electron chi connectivity index (χ0n) is 23.1. The van der Waals surface area contributed by atoms with Gasteiger partial charge < -0.3 is 23.7 Å². The van der Waals surface area contributed by atoms with Crippen molar-refractivity contribution in [3.05, 3.63) is 72.3 Å². The van der Waals surface area contributed by atoms with Gasteiger partial charge in [0, 0.05) is 74.6 Å². The number of aromatic nitrogens is 3. The fourth-order valence-electron chi connectivity index (χ4n) is 4.73. The first-order chi connectivity index (χ1) is 18.8. The standard InChI is InChI=1S/C30H36N4O4Si/c1-36-28-18-23(5-6-27(28)33-11-13-37-14-12-33)24-17-25-26(29(35)22-7-9-31-10-8-22)20-34(30(25)32-19-24)21-38-15-16-39(2,3)4/h5-10,17-20H,11-16,21H2,1-4H3. The topological polar surface area (TPSA) is 78.7 Å². The Kier molecular flexibility index (Phi) is 8.11. The van der Waals surface area contributed by atoms with E-state index in [1.807, 2.05) is 29.1 Å². The van der Waals surface area contributed by atoms with E-state index in [9.17, 15) is 4.79 Å². The highest BCUT2D eigenvalue weighted by Crippen LogP contribution is 2.35. The third-order valence-electron chi connectivity index (χ3n) is 6.99. The zero-order valence-corrected chi connectivity index (χ0v) is 24.1. The third-order valence-corrected chi connectivity index (χ3v) is 8.70. The van der Waals surface area contributed by atoms with Crippen LogP contribution in [0.15, 0.2) is 61.2 Å². The highest BCUT2D eigenvalue weighted by Gasteiger charge is 2.21. The number of carbonyl (C=O) groups excluding carboxylic acids is 1. The molecule has 1 fully saturated rings. The molecule has 4 heterocycles. The van der Waals surface area contributed by atoms with Crippen molar-refractivity contribution >= 4 is 30.6 Å². The minimum atomic E-state index is -1.20. The summed E-state index contributed by atoms with van der Waals surface area (Å²) < 4.78 is 19.2. The molecule has 0 aliphatic carbocycles. The molecule has 1 saturated heterocycles. The number of ketones is 1. The second-order valence-corrected chi connectivity index (χ2v) is 16.6. The van der Waals surface area contributed by atoms with Crippen molar-refractivity contribution in [3.8, 4) is 16.9 Å². The van der Waals surface area contributed by atoms with E-state index in [1.165, 1.54) is 0 Å². The van der Waals surface area contributed by atoms with E-state index in [0.29, 0.717) is 37.7 Å². The van der Waals surface area contributed by atoms with Crippen LogP contribution in [0.4, 0.5) is 5.69 Å². The molecule has 0 spiro atoms. The van der Waals surface area contributed by atoms with Gasteiger partial charge in [0.15, 0.2) is 5.78 Å². The molecule has 0 saturated carbocycles. The van der Waals surface area contributed by atoms with Gasteiger partial charge in [-0.3, -0.25) is 9.78 Å². The summed E-state index contributed by atoms with van der Waals surface area (Å²) in [5.74, 6) is 0.735. The molecule has 0 bridgehead atoms. The van der Waals surface area contributed by atoms with Crippen LogP contribution in [0, 0.1) is 0 Å². The number of anilines is 1. The molecule has 1 aliphatic heterocycles. The maximum absolute atomic E-state index is 13.6. The van der Waals surface area contributed by atoms with Crippen molar-refractivity contribution in [2.75, 3.05) is 44.9 Å². The lowest BCUT2D eigenvalue weighted by Gasteiger charge is -2.30. The van der Waals surface area contributed by atoms with Gasteiger partial charge >= 0.3 is 0 Å². The number of ether oxygens (including phenoxy) is 3. The minimum Gasteiger partial charge on any atom is -0.495 e. The molecule has 5 rings (SSSR count). The summed E-state index contributed by atoms with van der Waals surface area (Å²) in [4.78, 5) is 24.7. The van der Waals surface area contributed by atoms with Crippen LogP contribution < -0.4 is 9.64 Å². The molecule has 4 aromatic rings. The van der Waals surface area contributed by atoms with Crippen LogP contribution >= 0.6 is 0 Å². The van der Waals surface area contributed by atoms with Crippen LogP contribution in [0.25, 0.3) is 22.2 Å². The van der Waals surface area contributed by atoms with Crippen molar-refractivity contribution in [2.45, 2.75) is 32.4 Å². The lowest BCUT2D eigenvalue weighted by molar-refractivity contribution is 0.0896. The van der Waals surface area contributed by atoms with Crippen molar-refractivity contribution in [2.24, 2.45) is 0 Å². The number of methoxy groups -OCH3 is 1. The van der Waals surface area contributed by atoms with Gasteiger partial charge in [-0.05, 0) is 41.9 Å².